The van der Waals surface area contributed by atoms with Crippen LogP contribution in [0.4, 0.5) is 0 Å². The predicted molar refractivity (Wildman–Crippen MR) is 102 cm³/mol. The van der Waals surface area contributed by atoms with Crippen LogP contribution in [0.1, 0.15) is 73.1 Å². The third kappa shape index (κ3) is 14.8. The maximum Gasteiger partial charge on any atom is 0.0858 e. The van der Waals surface area contributed by atoms with E-state index in [4.69, 9.17) is 4.74 Å². The van der Waals surface area contributed by atoms with Crippen LogP contribution < -0.4 is 0 Å². The van der Waals surface area contributed by atoms with Gasteiger partial charge >= 0.3 is 0 Å². The Hall–Kier alpha value is 0.0700. The number of rotatable bonds is 11. The van der Waals surface area contributed by atoms with Gasteiger partial charge in [0.1, 0.15) is 0 Å². The molecule has 0 aromatic rings. The molecule has 0 spiro atoms. The van der Waals surface area contributed by atoms with E-state index in [-0.39, 0.29) is 4.38 Å². The van der Waals surface area contributed by atoms with E-state index in [0.717, 1.165) is 6.42 Å². The maximum atomic E-state index is 4.99. The second-order valence-corrected chi connectivity index (χ2v) is 6.47. The number of hydrogen-bond acceptors (Lipinski definition) is 3. The normalized spacial score (nSPS) is 10.7. The minimum absolute atomic E-state index is 0.253. The Labute approximate surface area is 144 Å². The summed E-state index contributed by atoms with van der Waals surface area (Å²) >= 11 is 9.22. The Kier molecular flexibility index (Phi) is 18.3. The van der Waals surface area contributed by atoms with E-state index in [1.54, 1.807) is 0 Å². The molecule has 0 atom stereocenters. The average molecular weight is 336 g/mol. The van der Waals surface area contributed by atoms with Crippen molar-refractivity contribution in [3.8, 4) is 0 Å². The molecule has 0 heterocycles. The first-order chi connectivity index (χ1) is 10.0. The summed E-state index contributed by atoms with van der Waals surface area (Å²) in [7, 11) is 0. The lowest BCUT2D eigenvalue weighted by atomic mass is 10.1. The van der Waals surface area contributed by atoms with E-state index in [1.807, 2.05) is 0 Å². The first kappa shape index (κ1) is 23.3. The molecule has 0 saturated carbocycles. The number of hydrogen-bond donors (Lipinski definition) is 0. The highest BCUT2D eigenvalue weighted by Crippen LogP contribution is 2.05. The van der Waals surface area contributed by atoms with E-state index < -0.39 is 0 Å². The van der Waals surface area contributed by atoms with Gasteiger partial charge < -0.3 is 34.1 Å². The first-order valence-electron chi connectivity index (χ1n) is 8.70. The lowest BCUT2D eigenvalue weighted by Gasteiger charge is -2.34. The van der Waals surface area contributed by atoms with E-state index in [1.165, 1.54) is 62.8 Å². The molecule has 128 valence electrons. The van der Waals surface area contributed by atoms with Crippen molar-refractivity contribution in [2.45, 2.75) is 73.1 Å². The lowest BCUT2D eigenvalue weighted by molar-refractivity contribution is -0.921. The highest BCUT2D eigenvalue weighted by molar-refractivity contribution is 7.99. The zero-order valence-corrected chi connectivity index (χ0v) is 16.6. The monoisotopic (exact) mass is 335 g/mol. The summed E-state index contributed by atoms with van der Waals surface area (Å²) in [4.78, 5) is 0. The molecule has 0 bridgehead atoms. The van der Waals surface area contributed by atoms with Crippen LogP contribution in [0.15, 0.2) is 0 Å². The molecule has 0 rings (SSSR count). The largest absolute Gasteiger partial charge is 0.514 e. The number of unbranched alkanes of at least 4 members (excludes halogenated alkanes) is 5. The van der Waals surface area contributed by atoms with Gasteiger partial charge in [-0.15, -0.1) is 0 Å². The van der Waals surface area contributed by atoms with Crippen molar-refractivity contribution in [1.82, 2.24) is 0 Å². The summed E-state index contributed by atoms with van der Waals surface area (Å²) in [6, 6.07) is 0. The van der Waals surface area contributed by atoms with Crippen molar-refractivity contribution in [2.75, 3.05) is 32.8 Å². The smallest absolute Gasteiger partial charge is 0.0858 e. The first-order valence-corrected chi connectivity index (χ1v) is 9.52. The Morgan fingerprint density at radius 3 is 1.57 bits per heavy atom. The minimum atomic E-state index is 0.253. The molecule has 0 aromatic heterocycles. The van der Waals surface area contributed by atoms with E-state index in [0.29, 0.717) is 6.61 Å². The predicted octanol–water partition coefficient (Wildman–Crippen LogP) is 5.08. The van der Waals surface area contributed by atoms with E-state index >= 15 is 0 Å². The van der Waals surface area contributed by atoms with Gasteiger partial charge in [0, 0.05) is 4.38 Å². The summed E-state index contributed by atoms with van der Waals surface area (Å²) in [5.41, 5.74) is 0. The molecule has 4 heteroatoms. The zero-order valence-electron chi connectivity index (χ0n) is 15.0. The number of ether oxygens (including phenoxy) is 1. The number of nitrogens with zero attached hydrogens (tertiary/aromatic N) is 1. The Balaban J connectivity index is 0. The molecule has 0 aliphatic heterocycles. The van der Waals surface area contributed by atoms with Gasteiger partial charge in [0.2, 0.25) is 0 Å². The highest BCUT2D eigenvalue weighted by Gasteiger charge is 2.16. The zero-order chi connectivity index (χ0) is 16.6. The molecule has 21 heavy (non-hydrogen) atoms. The van der Waals surface area contributed by atoms with Gasteiger partial charge in [-0.1, -0.05) is 39.0 Å². The highest BCUT2D eigenvalue weighted by atomic mass is 32.1. The van der Waals surface area contributed by atoms with Gasteiger partial charge in [0.15, 0.2) is 0 Å². The van der Waals surface area contributed by atoms with Gasteiger partial charge in [0.05, 0.1) is 32.8 Å². The van der Waals surface area contributed by atoms with E-state index in [2.05, 4.69) is 59.5 Å². The van der Waals surface area contributed by atoms with Crippen molar-refractivity contribution in [3.63, 3.8) is 0 Å². The van der Waals surface area contributed by atoms with Crippen LogP contribution in [-0.4, -0.2) is 41.7 Å². The maximum absolute atomic E-state index is 4.99. The van der Waals surface area contributed by atoms with Crippen LogP contribution in [0.3, 0.4) is 0 Å². The Bertz CT molecular complexity index is 213. The third-order valence-electron chi connectivity index (χ3n) is 4.40. The quantitative estimate of drug-likeness (QED) is 0.225. The van der Waals surface area contributed by atoms with Crippen LogP contribution in [0, 0.1) is 0 Å². The third-order valence-corrected chi connectivity index (χ3v) is 4.64. The van der Waals surface area contributed by atoms with Crippen molar-refractivity contribution >= 4 is 29.2 Å². The fraction of sp³-hybridized carbons (Fsp3) is 0.941. The summed E-state index contributed by atoms with van der Waals surface area (Å²) in [5, 5.41) is 0. The molecule has 0 saturated heterocycles. The topological polar surface area (TPSA) is 9.23 Å². The van der Waals surface area contributed by atoms with Gasteiger partial charge in [-0.2, -0.15) is 0 Å². The van der Waals surface area contributed by atoms with Gasteiger partial charge in [0.25, 0.3) is 0 Å². The minimum Gasteiger partial charge on any atom is -0.514 e. The Morgan fingerprint density at radius 1 is 0.810 bits per heavy atom. The van der Waals surface area contributed by atoms with E-state index in [9.17, 15) is 0 Å². The van der Waals surface area contributed by atoms with Crippen LogP contribution in [0.25, 0.3) is 0 Å². The SMILES string of the molecule is CCCCCCCCOC(=S)[S-].CC[N+](CC)(CC)CC. The standard InChI is InChI=1S/C9H18OS2.C8H20N/c1-2-3-4-5-6-7-8-10-9(11)12;1-5-9(6-2,7-3)8-4/h2-8H2,1H3,(H,11,12);5-8H2,1-4H3/q;+1/p-1. The molecule has 0 aromatic carbocycles. The van der Waals surface area contributed by atoms with Crippen LogP contribution in [0.5, 0.6) is 0 Å². The lowest BCUT2D eigenvalue weighted by Crippen LogP contribution is -2.47. The number of quaternary nitrogens is 1. The van der Waals surface area contributed by atoms with Crippen molar-refractivity contribution < 1.29 is 9.22 Å². The average Bonchev–Trinajstić information content (AvgIpc) is 2.50. The van der Waals surface area contributed by atoms with Crippen molar-refractivity contribution in [2.24, 2.45) is 0 Å². The summed E-state index contributed by atoms with van der Waals surface area (Å²) in [5.74, 6) is 0. The van der Waals surface area contributed by atoms with Crippen LogP contribution in [0.2, 0.25) is 0 Å². The fourth-order valence-corrected chi connectivity index (χ4v) is 2.55. The second kappa shape index (κ2) is 16.4. The molecule has 0 unspecified atom stereocenters. The summed E-state index contributed by atoms with van der Waals surface area (Å²) < 4.78 is 6.53. The Morgan fingerprint density at radius 2 is 1.24 bits per heavy atom. The molecule has 2 nitrogen and oxygen atoms in total. The van der Waals surface area contributed by atoms with Gasteiger partial charge in [-0.25, -0.2) is 0 Å². The van der Waals surface area contributed by atoms with Crippen LogP contribution >= 0.6 is 12.2 Å². The summed E-state index contributed by atoms with van der Waals surface area (Å²) in [6.07, 6.45) is 7.61. The molecule has 0 radical (unpaired) electrons. The molecular weight excluding hydrogens is 298 g/mol. The van der Waals surface area contributed by atoms with Gasteiger partial charge in [-0.05, 0) is 34.1 Å². The molecule has 0 N–H and O–H groups in total. The molecule has 0 aliphatic rings. The number of thiocarbonyl (C=S) groups is 1. The van der Waals surface area contributed by atoms with Crippen molar-refractivity contribution in [1.29, 1.82) is 0 Å². The molecule has 0 fully saturated rings. The van der Waals surface area contributed by atoms with Gasteiger partial charge in [-0.3, -0.25) is 0 Å². The molecular formula is C17H37NOS2. The van der Waals surface area contributed by atoms with Crippen LogP contribution in [-0.2, 0) is 17.4 Å². The second-order valence-electron chi connectivity index (χ2n) is 5.47. The van der Waals surface area contributed by atoms with Crippen molar-refractivity contribution in [3.05, 3.63) is 0 Å². The summed E-state index contributed by atoms with van der Waals surface area (Å²) in [6.45, 7) is 17.1. The molecule has 0 aliphatic carbocycles. The molecule has 0 amide bonds. The fourth-order valence-electron chi connectivity index (χ4n) is 2.38.